The minimum absolute atomic E-state index is 0.0827. The molecule has 0 spiro atoms. The van der Waals surface area contributed by atoms with E-state index >= 15 is 0 Å². The summed E-state index contributed by atoms with van der Waals surface area (Å²) >= 11 is 2.19. The quantitative estimate of drug-likeness (QED) is 0.330. The van der Waals surface area contributed by atoms with Crippen LogP contribution in [-0.4, -0.2) is 43.2 Å². The fourth-order valence-electron chi connectivity index (χ4n) is 2.71. The zero-order valence-corrected chi connectivity index (χ0v) is 20.6. The molecule has 1 saturated heterocycles. The highest BCUT2D eigenvalue weighted by Gasteiger charge is 2.22. The minimum atomic E-state index is -0.824. The molecular formula is C23H30INO6. The number of ether oxygens (including phenoxy) is 4. The molecule has 1 aromatic carbocycles. The Morgan fingerprint density at radius 1 is 1.32 bits per heavy atom. The molecule has 1 amide bonds. The highest BCUT2D eigenvalue weighted by atomic mass is 127. The van der Waals surface area contributed by atoms with Crippen molar-refractivity contribution in [3.63, 3.8) is 0 Å². The van der Waals surface area contributed by atoms with E-state index in [0.29, 0.717) is 6.61 Å². The number of hydrogen-bond acceptors (Lipinski definition) is 6. The lowest BCUT2D eigenvalue weighted by atomic mass is 10.1. The van der Waals surface area contributed by atoms with Gasteiger partial charge in [-0.15, -0.1) is 0 Å². The molecular weight excluding hydrogens is 513 g/mol. The van der Waals surface area contributed by atoms with Crippen LogP contribution in [0.15, 0.2) is 18.2 Å². The molecule has 0 radical (unpaired) electrons. The summed E-state index contributed by atoms with van der Waals surface area (Å²) in [5, 5.41) is 2.48. The number of hydrogen-bond donors (Lipinski definition) is 1. The average molecular weight is 543 g/mol. The zero-order chi connectivity index (χ0) is 22.9. The third-order valence-corrected chi connectivity index (χ3v) is 5.51. The van der Waals surface area contributed by atoms with Gasteiger partial charge in [-0.2, -0.15) is 0 Å². The topological polar surface area (TPSA) is 83.1 Å². The summed E-state index contributed by atoms with van der Waals surface area (Å²) in [6, 6.07) is 4.82. The highest BCUT2D eigenvalue weighted by Crippen LogP contribution is 2.18. The molecule has 8 heteroatoms. The lowest BCUT2D eigenvalue weighted by Crippen LogP contribution is -2.42. The van der Waals surface area contributed by atoms with Crippen LogP contribution in [0.4, 0.5) is 4.79 Å². The number of esters is 1. The van der Waals surface area contributed by atoms with Crippen molar-refractivity contribution in [3.05, 3.63) is 32.9 Å². The van der Waals surface area contributed by atoms with Crippen molar-refractivity contribution in [1.29, 1.82) is 0 Å². The molecule has 1 aliphatic heterocycles. The van der Waals surface area contributed by atoms with E-state index < -0.39 is 23.7 Å². The SMILES string of the molecule is C[C@H](NC(=O)OC(C)(C)C)C(=O)OCc1cccc(C#CCOC2CCCCO2)c1I. The number of benzene rings is 1. The number of nitrogens with one attached hydrogen (secondary N) is 1. The van der Waals surface area contributed by atoms with Gasteiger partial charge >= 0.3 is 12.1 Å². The number of rotatable bonds is 6. The van der Waals surface area contributed by atoms with E-state index in [1.54, 1.807) is 27.7 Å². The Morgan fingerprint density at radius 3 is 2.77 bits per heavy atom. The van der Waals surface area contributed by atoms with Crippen molar-refractivity contribution in [2.45, 2.75) is 71.5 Å². The summed E-state index contributed by atoms with van der Waals surface area (Å²) in [6.07, 6.45) is 2.27. The van der Waals surface area contributed by atoms with Crippen molar-refractivity contribution < 1.29 is 28.5 Å². The lowest BCUT2D eigenvalue weighted by Gasteiger charge is -2.21. The number of alkyl carbamates (subject to hydrolysis) is 1. The van der Waals surface area contributed by atoms with Gasteiger partial charge in [-0.05, 0) is 75.6 Å². The molecule has 0 saturated carbocycles. The van der Waals surface area contributed by atoms with E-state index in [0.717, 1.165) is 40.6 Å². The van der Waals surface area contributed by atoms with Gasteiger partial charge in [0.1, 0.15) is 24.9 Å². The fraction of sp³-hybridized carbons (Fsp3) is 0.565. The van der Waals surface area contributed by atoms with E-state index in [1.165, 1.54) is 0 Å². The van der Waals surface area contributed by atoms with Crippen LogP contribution in [0, 0.1) is 15.4 Å². The minimum Gasteiger partial charge on any atom is -0.459 e. The predicted molar refractivity (Wildman–Crippen MR) is 124 cm³/mol. The Bertz CT molecular complexity index is 818. The van der Waals surface area contributed by atoms with Crippen LogP contribution in [0.5, 0.6) is 0 Å². The summed E-state index contributed by atoms with van der Waals surface area (Å²) in [6.45, 7) is 7.93. The molecule has 170 valence electrons. The lowest BCUT2D eigenvalue weighted by molar-refractivity contribution is -0.154. The molecule has 0 aromatic heterocycles. The summed E-state index contributed by atoms with van der Waals surface area (Å²) in [7, 11) is 0. The molecule has 1 heterocycles. The van der Waals surface area contributed by atoms with Gasteiger partial charge in [0.15, 0.2) is 6.29 Å². The normalized spacial score (nSPS) is 17.1. The standard InChI is InChI=1S/C23H30INO6/c1-16(25-22(27)31-23(2,3)4)21(26)30-15-18-10-7-9-17(20(18)24)11-8-14-29-19-12-5-6-13-28-19/h7,9-10,16,19H,5-6,12-15H2,1-4H3,(H,25,27)/t16-,19?/m0/s1. The van der Waals surface area contributed by atoms with E-state index in [4.69, 9.17) is 18.9 Å². The van der Waals surface area contributed by atoms with Gasteiger partial charge in [-0.1, -0.05) is 24.0 Å². The Balaban J connectivity index is 1.85. The van der Waals surface area contributed by atoms with Crippen molar-refractivity contribution in [3.8, 4) is 11.8 Å². The second kappa shape index (κ2) is 12.3. The Labute approximate surface area is 197 Å². The van der Waals surface area contributed by atoms with Gasteiger partial charge in [0.05, 0.1) is 0 Å². The highest BCUT2D eigenvalue weighted by molar-refractivity contribution is 14.1. The molecule has 2 atom stereocenters. The molecule has 1 aromatic rings. The zero-order valence-electron chi connectivity index (χ0n) is 18.5. The second-order valence-corrected chi connectivity index (χ2v) is 9.24. The third-order valence-electron chi connectivity index (χ3n) is 4.24. The molecule has 1 unspecified atom stereocenters. The number of carbonyl (C=O) groups excluding carboxylic acids is 2. The van der Waals surface area contributed by atoms with E-state index in [9.17, 15) is 9.59 Å². The summed E-state index contributed by atoms with van der Waals surface area (Å²) < 4.78 is 22.6. The maximum absolute atomic E-state index is 12.2. The Kier molecular flexibility index (Phi) is 10.1. The molecule has 0 bridgehead atoms. The van der Waals surface area contributed by atoms with Gasteiger partial charge in [-0.3, -0.25) is 0 Å². The first-order valence-corrected chi connectivity index (χ1v) is 11.4. The third kappa shape index (κ3) is 9.46. The fourth-order valence-corrected chi connectivity index (χ4v) is 3.36. The largest absolute Gasteiger partial charge is 0.459 e. The smallest absolute Gasteiger partial charge is 0.408 e. The van der Waals surface area contributed by atoms with Crippen LogP contribution in [0.1, 0.15) is 58.1 Å². The van der Waals surface area contributed by atoms with Crippen LogP contribution in [0.25, 0.3) is 0 Å². The molecule has 2 rings (SSSR count). The van der Waals surface area contributed by atoms with Crippen LogP contribution < -0.4 is 5.32 Å². The Morgan fingerprint density at radius 2 is 2.10 bits per heavy atom. The molecule has 1 N–H and O–H groups in total. The molecule has 31 heavy (non-hydrogen) atoms. The van der Waals surface area contributed by atoms with Gasteiger partial charge in [0, 0.05) is 21.3 Å². The first kappa shape index (κ1) is 25.4. The van der Waals surface area contributed by atoms with E-state index in [2.05, 4.69) is 39.7 Å². The average Bonchev–Trinajstić information content (AvgIpc) is 2.70. The monoisotopic (exact) mass is 543 g/mol. The van der Waals surface area contributed by atoms with Crippen LogP contribution in [-0.2, 0) is 30.3 Å². The van der Waals surface area contributed by atoms with E-state index in [-0.39, 0.29) is 12.9 Å². The van der Waals surface area contributed by atoms with Crippen molar-refractivity contribution in [1.82, 2.24) is 5.32 Å². The van der Waals surface area contributed by atoms with Gasteiger partial charge in [-0.25, -0.2) is 9.59 Å². The number of halogens is 1. The van der Waals surface area contributed by atoms with Crippen LogP contribution in [0.3, 0.4) is 0 Å². The van der Waals surface area contributed by atoms with Gasteiger partial charge in [0.25, 0.3) is 0 Å². The summed E-state index contributed by atoms with van der Waals surface area (Å²) in [4.78, 5) is 24.0. The first-order valence-electron chi connectivity index (χ1n) is 10.3. The van der Waals surface area contributed by atoms with Crippen molar-refractivity contribution >= 4 is 34.7 Å². The second-order valence-electron chi connectivity index (χ2n) is 8.16. The molecule has 7 nitrogen and oxygen atoms in total. The molecule has 0 aliphatic carbocycles. The number of amides is 1. The van der Waals surface area contributed by atoms with Crippen molar-refractivity contribution in [2.75, 3.05) is 13.2 Å². The summed E-state index contributed by atoms with van der Waals surface area (Å²) in [5.41, 5.74) is 1.03. The van der Waals surface area contributed by atoms with Gasteiger partial charge in [0.2, 0.25) is 0 Å². The maximum atomic E-state index is 12.2. The maximum Gasteiger partial charge on any atom is 0.408 e. The van der Waals surface area contributed by atoms with Crippen LogP contribution >= 0.6 is 22.6 Å². The van der Waals surface area contributed by atoms with E-state index in [1.807, 2.05) is 18.2 Å². The molecule has 1 fully saturated rings. The Hall–Kier alpha value is -1.83. The molecule has 1 aliphatic rings. The number of carbonyl (C=O) groups is 2. The van der Waals surface area contributed by atoms with Crippen molar-refractivity contribution in [2.24, 2.45) is 0 Å². The summed E-state index contributed by atoms with van der Waals surface area (Å²) in [5.74, 6) is 5.57. The first-order chi connectivity index (χ1) is 14.7. The predicted octanol–water partition coefficient (Wildman–Crippen LogP) is 4.14. The van der Waals surface area contributed by atoms with Gasteiger partial charge < -0.3 is 24.3 Å². The van der Waals surface area contributed by atoms with Crippen LogP contribution in [0.2, 0.25) is 0 Å².